The molecule has 0 heterocycles. The molecule has 0 rings (SSSR count). The third-order valence-electron chi connectivity index (χ3n) is 2.68. The second kappa shape index (κ2) is 10.9. The highest BCUT2D eigenvalue weighted by atomic mass is 16.5. The van der Waals surface area contributed by atoms with E-state index >= 15 is 0 Å². The standard InChI is InChI=1S/C13H25O3/c1-3-4-9-12(2)13(15)16-11-8-6-5-7-10-14/h12H,3-11H2,1-2H3. The van der Waals surface area contributed by atoms with Gasteiger partial charge in [-0.2, -0.15) is 0 Å². The van der Waals surface area contributed by atoms with Crippen molar-refractivity contribution in [3.05, 3.63) is 0 Å². The lowest BCUT2D eigenvalue weighted by Gasteiger charge is -2.10. The van der Waals surface area contributed by atoms with Crippen molar-refractivity contribution in [2.45, 2.75) is 58.8 Å². The predicted molar refractivity (Wildman–Crippen MR) is 63.7 cm³/mol. The topological polar surface area (TPSA) is 46.2 Å². The van der Waals surface area contributed by atoms with Crippen molar-refractivity contribution >= 4 is 5.97 Å². The van der Waals surface area contributed by atoms with E-state index in [1.54, 1.807) is 0 Å². The zero-order valence-corrected chi connectivity index (χ0v) is 10.7. The van der Waals surface area contributed by atoms with E-state index in [-0.39, 0.29) is 18.5 Å². The highest BCUT2D eigenvalue weighted by molar-refractivity contribution is 5.71. The Morgan fingerprint density at radius 2 is 1.81 bits per heavy atom. The van der Waals surface area contributed by atoms with Gasteiger partial charge in [-0.25, -0.2) is 5.11 Å². The van der Waals surface area contributed by atoms with Crippen LogP contribution in [0, 0.1) is 5.92 Å². The SMILES string of the molecule is CCCCC(C)C(=O)OCCCCCC[O]. The number of carbonyl (C=O) groups excluding carboxylic acids is 1. The van der Waals surface area contributed by atoms with E-state index in [9.17, 15) is 9.90 Å². The van der Waals surface area contributed by atoms with Crippen LogP contribution < -0.4 is 0 Å². The van der Waals surface area contributed by atoms with E-state index < -0.39 is 0 Å². The summed E-state index contributed by atoms with van der Waals surface area (Å²) in [6.07, 6.45) is 6.68. The quantitative estimate of drug-likeness (QED) is 0.426. The maximum atomic E-state index is 11.5. The summed E-state index contributed by atoms with van der Waals surface area (Å²) < 4.78 is 5.16. The van der Waals surface area contributed by atoms with Gasteiger partial charge < -0.3 is 4.74 Å². The molecule has 0 aromatic heterocycles. The highest BCUT2D eigenvalue weighted by Gasteiger charge is 2.12. The first-order valence-corrected chi connectivity index (χ1v) is 6.47. The fourth-order valence-electron chi connectivity index (χ4n) is 1.50. The Hall–Kier alpha value is -0.570. The highest BCUT2D eigenvalue weighted by Crippen LogP contribution is 2.10. The Balaban J connectivity index is 3.35. The number of hydrogen-bond donors (Lipinski definition) is 0. The molecule has 0 aromatic carbocycles. The van der Waals surface area contributed by atoms with Crippen LogP contribution in [-0.4, -0.2) is 19.2 Å². The smallest absolute Gasteiger partial charge is 0.308 e. The van der Waals surface area contributed by atoms with Gasteiger partial charge in [-0.05, 0) is 25.7 Å². The second-order valence-electron chi connectivity index (χ2n) is 4.33. The Morgan fingerprint density at radius 1 is 1.12 bits per heavy atom. The molecule has 3 nitrogen and oxygen atoms in total. The van der Waals surface area contributed by atoms with E-state index in [1.807, 2.05) is 6.92 Å². The third-order valence-corrected chi connectivity index (χ3v) is 2.68. The normalized spacial score (nSPS) is 12.4. The molecule has 95 valence electrons. The van der Waals surface area contributed by atoms with Crippen molar-refractivity contribution in [2.24, 2.45) is 5.92 Å². The van der Waals surface area contributed by atoms with Crippen LogP contribution in [0.2, 0.25) is 0 Å². The van der Waals surface area contributed by atoms with Crippen molar-refractivity contribution in [1.82, 2.24) is 0 Å². The molecule has 3 heteroatoms. The maximum absolute atomic E-state index is 11.5. The molecule has 0 N–H and O–H groups in total. The minimum atomic E-state index is -0.0720. The average molecular weight is 229 g/mol. The number of esters is 1. The molecule has 0 fully saturated rings. The van der Waals surface area contributed by atoms with Gasteiger partial charge in [0.15, 0.2) is 0 Å². The summed E-state index contributed by atoms with van der Waals surface area (Å²) in [6, 6.07) is 0. The zero-order valence-electron chi connectivity index (χ0n) is 10.7. The van der Waals surface area contributed by atoms with Crippen LogP contribution in [0.5, 0.6) is 0 Å². The largest absolute Gasteiger partial charge is 0.465 e. The lowest BCUT2D eigenvalue weighted by Crippen LogP contribution is -2.15. The van der Waals surface area contributed by atoms with Gasteiger partial charge in [-0.3, -0.25) is 4.79 Å². The van der Waals surface area contributed by atoms with Crippen molar-refractivity contribution in [2.75, 3.05) is 13.2 Å². The second-order valence-corrected chi connectivity index (χ2v) is 4.33. The molecule has 0 amide bonds. The van der Waals surface area contributed by atoms with Gasteiger partial charge >= 0.3 is 5.97 Å². The fraction of sp³-hybridized carbons (Fsp3) is 0.923. The van der Waals surface area contributed by atoms with E-state index in [1.165, 1.54) is 0 Å². The molecule has 1 atom stereocenters. The van der Waals surface area contributed by atoms with Gasteiger partial charge in [0.1, 0.15) is 0 Å². The lowest BCUT2D eigenvalue weighted by molar-refractivity contribution is -0.148. The van der Waals surface area contributed by atoms with Crippen LogP contribution in [0.4, 0.5) is 0 Å². The van der Waals surface area contributed by atoms with Gasteiger partial charge in [-0.15, -0.1) is 0 Å². The summed E-state index contributed by atoms with van der Waals surface area (Å²) in [5, 5.41) is 10.2. The minimum absolute atomic E-state index is 0.00778. The molecule has 0 aliphatic carbocycles. The summed E-state index contributed by atoms with van der Waals surface area (Å²) in [5.41, 5.74) is 0. The molecule has 0 bridgehead atoms. The third kappa shape index (κ3) is 8.72. The molecule has 0 aromatic rings. The zero-order chi connectivity index (χ0) is 12.2. The van der Waals surface area contributed by atoms with Crippen LogP contribution in [0.1, 0.15) is 58.8 Å². The molecule has 0 aliphatic heterocycles. The molecular formula is C13H25O3. The van der Waals surface area contributed by atoms with Gasteiger partial charge in [0, 0.05) is 0 Å². The van der Waals surface area contributed by atoms with Crippen LogP contribution in [0.25, 0.3) is 0 Å². The molecule has 1 radical (unpaired) electrons. The number of rotatable bonds is 10. The lowest BCUT2D eigenvalue weighted by atomic mass is 10.1. The summed E-state index contributed by atoms with van der Waals surface area (Å²) in [7, 11) is 0. The van der Waals surface area contributed by atoms with Crippen LogP contribution in [-0.2, 0) is 14.6 Å². The Kier molecular flexibility index (Phi) is 10.5. The van der Waals surface area contributed by atoms with Crippen molar-refractivity contribution in [3.8, 4) is 0 Å². The fourth-order valence-corrected chi connectivity index (χ4v) is 1.50. The summed E-state index contributed by atoms with van der Waals surface area (Å²) in [6.45, 7) is 4.56. The van der Waals surface area contributed by atoms with Crippen molar-refractivity contribution in [1.29, 1.82) is 0 Å². The molecule has 0 saturated carbocycles. The average Bonchev–Trinajstić information content (AvgIpc) is 2.30. The van der Waals surface area contributed by atoms with Crippen molar-refractivity contribution < 1.29 is 14.6 Å². The van der Waals surface area contributed by atoms with Gasteiger partial charge in [-0.1, -0.05) is 33.1 Å². The first-order chi connectivity index (χ1) is 7.72. The first-order valence-electron chi connectivity index (χ1n) is 6.47. The molecule has 0 spiro atoms. The van der Waals surface area contributed by atoms with E-state index in [4.69, 9.17) is 4.74 Å². The van der Waals surface area contributed by atoms with Crippen LogP contribution >= 0.6 is 0 Å². The molecule has 1 unspecified atom stereocenters. The van der Waals surface area contributed by atoms with Gasteiger partial charge in [0.25, 0.3) is 0 Å². The molecule has 0 saturated heterocycles. The Bertz CT molecular complexity index is 169. The maximum Gasteiger partial charge on any atom is 0.308 e. The molecule has 16 heavy (non-hydrogen) atoms. The van der Waals surface area contributed by atoms with Crippen molar-refractivity contribution in [3.63, 3.8) is 0 Å². The summed E-state index contributed by atoms with van der Waals surface area (Å²) in [5.74, 6) is -0.0427. The first kappa shape index (κ1) is 15.4. The molecule has 0 aliphatic rings. The minimum Gasteiger partial charge on any atom is -0.465 e. The van der Waals surface area contributed by atoms with E-state index in [2.05, 4.69) is 6.92 Å². The summed E-state index contributed by atoms with van der Waals surface area (Å²) >= 11 is 0. The van der Waals surface area contributed by atoms with Gasteiger partial charge in [0.05, 0.1) is 19.1 Å². The van der Waals surface area contributed by atoms with E-state index in [0.29, 0.717) is 6.61 Å². The number of hydrogen-bond acceptors (Lipinski definition) is 2. The Morgan fingerprint density at radius 3 is 2.44 bits per heavy atom. The summed E-state index contributed by atoms with van der Waals surface area (Å²) in [4.78, 5) is 11.5. The number of carbonyl (C=O) groups is 1. The monoisotopic (exact) mass is 229 g/mol. The van der Waals surface area contributed by atoms with Crippen LogP contribution in [0.3, 0.4) is 0 Å². The Labute approximate surface area is 99.2 Å². The van der Waals surface area contributed by atoms with E-state index in [0.717, 1.165) is 44.9 Å². The number of ether oxygens (including phenoxy) is 1. The predicted octanol–water partition coefficient (Wildman–Crippen LogP) is 3.35. The molecular weight excluding hydrogens is 204 g/mol. The van der Waals surface area contributed by atoms with Crippen LogP contribution in [0.15, 0.2) is 0 Å². The number of unbranched alkanes of at least 4 members (excludes halogenated alkanes) is 4. The van der Waals surface area contributed by atoms with Gasteiger partial charge in [0.2, 0.25) is 0 Å².